The first-order valence-electron chi connectivity index (χ1n) is 7.25. The van der Waals surface area contributed by atoms with Gasteiger partial charge in [-0.15, -0.1) is 0 Å². The molecule has 2 amide bonds. The third kappa shape index (κ3) is 2.56. The molecule has 1 aliphatic rings. The molecule has 0 aliphatic carbocycles. The minimum Gasteiger partial charge on any atom is -0.482 e. The molecular formula is C17H12FN3O3. The maximum atomic E-state index is 13.2. The summed E-state index contributed by atoms with van der Waals surface area (Å²) in [6, 6.07) is 10.8. The first-order valence-corrected chi connectivity index (χ1v) is 7.25. The molecule has 3 N–H and O–H groups in total. The molecule has 3 aromatic rings. The number of anilines is 2. The van der Waals surface area contributed by atoms with Gasteiger partial charge < -0.3 is 20.4 Å². The van der Waals surface area contributed by atoms with Gasteiger partial charge in [-0.3, -0.25) is 9.59 Å². The van der Waals surface area contributed by atoms with Gasteiger partial charge in [0.05, 0.1) is 5.69 Å². The number of nitrogens with one attached hydrogen (secondary N) is 3. The van der Waals surface area contributed by atoms with E-state index in [9.17, 15) is 14.0 Å². The van der Waals surface area contributed by atoms with Gasteiger partial charge in [-0.2, -0.15) is 0 Å². The van der Waals surface area contributed by atoms with Gasteiger partial charge in [0.15, 0.2) is 6.61 Å². The van der Waals surface area contributed by atoms with E-state index in [0.717, 1.165) is 0 Å². The van der Waals surface area contributed by atoms with Crippen LogP contribution < -0.4 is 15.4 Å². The number of aromatic nitrogens is 1. The lowest BCUT2D eigenvalue weighted by Crippen LogP contribution is -2.25. The van der Waals surface area contributed by atoms with E-state index in [2.05, 4.69) is 15.6 Å². The molecule has 6 nitrogen and oxygen atoms in total. The molecule has 0 fully saturated rings. The second-order valence-corrected chi connectivity index (χ2v) is 5.42. The predicted molar refractivity (Wildman–Crippen MR) is 86.8 cm³/mol. The van der Waals surface area contributed by atoms with Gasteiger partial charge in [-0.05, 0) is 42.5 Å². The smallest absolute Gasteiger partial charge is 0.272 e. The van der Waals surface area contributed by atoms with Crippen LogP contribution in [0, 0.1) is 5.82 Å². The molecule has 1 aliphatic heterocycles. The number of benzene rings is 2. The van der Waals surface area contributed by atoms with Crippen LogP contribution in [0.2, 0.25) is 0 Å². The molecule has 7 heteroatoms. The number of aromatic amines is 1. The summed E-state index contributed by atoms with van der Waals surface area (Å²) in [4.78, 5) is 26.6. The topological polar surface area (TPSA) is 83.2 Å². The highest BCUT2D eigenvalue weighted by atomic mass is 19.1. The summed E-state index contributed by atoms with van der Waals surface area (Å²) < 4.78 is 18.5. The van der Waals surface area contributed by atoms with Gasteiger partial charge in [0.25, 0.3) is 11.8 Å². The summed E-state index contributed by atoms with van der Waals surface area (Å²) >= 11 is 0. The molecule has 2 heterocycles. The second-order valence-electron chi connectivity index (χ2n) is 5.42. The van der Waals surface area contributed by atoms with Crippen LogP contribution in [0.25, 0.3) is 10.9 Å². The average molecular weight is 325 g/mol. The third-order valence-corrected chi connectivity index (χ3v) is 3.70. The number of H-pyrrole nitrogens is 1. The highest BCUT2D eigenvalue weighted by molar-refractivity contribution is 6.06. The molecule has 0 saturated heterocycles. The van der Waals surface area contributed by atoms with Crippen molar-refractivity contribution in [3.05, 3.63) is 54.0 Å². The van der Waals surface area contributed by atoms with Crippen molar-refractivity contribution in [1.82, 2.24) is 4.98 Å². The lowest BCUT2D eigenvalue weighted by Gasteiger charge is -2.18. The van der Waals surface area contributed by atoms with Crippen LogP contribution >= 0.6 is 0 Å². The standard InChI is InChI=1S/C17H12FN3O3/c18-10-1-3-12-9(5-10)6-14(20-12)17(23)19-11-2-4-15-13(7-11)21-16(22)8-24-15/h1-7,20H,8H2,(H,19,23)(H,21,22). The predicted octanol–water partition coefficient (Wildman–Crippen LogP) is 2.89. The van der Waals surface area contributed by atoms with Crippen LogP contribution in [-0.2, 0) is 4.79 Å². The van der Waals surface area contributed by atoms with Gasteiger partial charge in [-0.25, -0.2) is 4.39 Å². The van der Waals surface area contributed by atoms with Crippen LogP contribution in [0.3, 0.4) is 0 Å². The summed E-state index contributed by atoms with van der Waals surface area (Å²) in [5.74, 6) is -0.425. The van der Waals surface area contributed by atoms with Crippen molar-refractivity contribution in [2.45, 2.75) is 0 Å². The normalized spacial score (nSPS) is 13.1. The molecule has 0 spiro atoms. The maximum Gasteiger partial charge on any atom is 0.272 e. The number of halogens is 1. The minimum atomic E-state index is -0.366. The van der Waals surface area contributed by atoms with Gasteiger partial charge in [0.2, 0.25) is 0 Å². The van der Waals surface area contributed by atoms with E-state index < -0.39 is 0 Å². The van der Waals surface area contributed by atoms with Crippen LogP contribution in [0.4, 0.5) is 15.8 Å². The summed E-state index contributed by atoms with van der Waals surface area (Å²) in [6.07, 6.45) is 0. The van der Waals surface area contributed by atoms with Gasteiger partial charge in [0, 0.05) is 16.6 Å². The van der Waals surface area contributed by atoms with Crippen molar-refractivity contribution >= 4 is 34.1 Å². The van der Waals surface area contributed by atoms with Gasteiger partial charge >= 0.3 is 0 Å². The molecule has 0 saturated carbocycles. The van der Waals surface area contributed by atoms with Crippen molar-refractivity contribution in [3.63, 3.8) is 0 Å². The van der Waals surface area contributed by atoms with Crippen molar-refractivity contribution in [2.75, 3.05) is 17.2 Å². The zero-order valence-corrected chi connectivity index (χ0v) is 12.4. The summed E-state index contributed by atoms with van der Waals surface area (Å²) in [6.45, 7) is -0.0235. The highest BCUT2D eigenvalue weighted by Crippen LogP contribution is 2.30. The fourth-order valence-corrected chi connectivity index (χ4v) is 2.59. The molecule has 0 bridgehead atoms. The highest BCUT2D eigenvalue weighted by Gasteiger charge is 2.17. The Morgan fingerprint density at radius 3 is 2.92 bits per heavy atom. The molecule has 0 radical (unpaired) electrons. The number of fused-ring (bicyclic) bond motifs is 2. The van der Waals surface area contributed by atoms with E-state index in [-0.39, 0.29) is 24.2 Å². The molecule has 0 unspecified atom stereocenters. The van der Waals surface area contributed by atoms with E-state index in [1.807, 2.05) is 0 Å². The monoisotopic (exact) mass is 325 g/mol. The molecule has 0 atom stereocenters. The summed E-state index contributed by atoms with van der Waals surface area (Å²) in [5.41, 5.74) is 2.00. The van der Waals surface area contributed by atoms with Crippen LogP contribution in [0.5, 0.6) is 5.75 Å². The second kappa shape index (κ2) is 5.38. The maximum absolute atomic E-state index is 13.2. The lowest BCUT2D eigenvalue weighted by molar-refractivity contribution is -0.118. The van der Waals surface area contributed by atoms with E-state index in [0.29, 0.717) is 33.7 Å². The Morgan fingerprint density at radius 1 is 1.17 bits per heavy atom. The molecule has 2 aromatic carbocycles. The quantitative estimate of drug-likeness (QED) is 0.677. The van der Waals surface area contributed by atoms with Gasteiger partial charge in [-0.1, -0.05) is 0 Å². The summed E-state index contributed by atoms with van der Waals surface area (Å²) in [5, 5.41) is 6.02. The fourth-order valence-electron chi connectivity index (χ4n) is 2.59. The fraction of sp³-hybridized carbons (Fsp3) is 0.0588. The largest absolute Gasteiger partial charge is 0.482 e. The Kier molecular flexibility index (Phi) is 3.19. The lowest BCUT2D eigenvalue weighted by atomic mass is 10.2. The Bertz CT molecular complexity index is 980. The Hall–Kier alpha value is -3.35. The van der Waals surface area contributed by atoms with Crippen molar-refractivity contribution in [1.29, 1.82) is 0 Å². The first kappa shape index (κ1) is 14.3. The molecule has 24 heavy (non-hydrogen) atoms. The van der Waals surface area contributed by atoms with Crippen molar-refractivity contribution in [2.24, 2.45) is 0 Å². The Labute approximate surface area is 135 Å². The van der Waals surface area contributed by atoms with Crippen molar-refractivity contribution < 1.29 is 18.7 Å². The van der Waals surface area contributed by atoms with E-state index in [1.54, 1.807) is 30.3 Å². The number of hydrogen-bond donors (Lipinski definition) is 3. The zero-order valence-electron chi connectivity index (χ0n) is 12.4. The van der Waals surface area contributed by atoms with E-state index in [1.165, 1.54) is 12.1 Å². The zero-order chi connectivity index (χ0) is 16.7. The number of carbonyl (C=O) groups excluding carboxylic acids is 2. The average Bonchev–Trinajstić information content (AvgIpc) is 2.97. The summed E-state index contributed by atoms with van der Waals surface area (Å²) in [7, 11) is 0. The molecular weight excluding hydrogens is 313 g/mol. The van der Waals surface area contributed by atoms with Crippen LogP contribution in [-0.4, -0.2) is 23.4 Å². The minimum absolute atomic E-state index is 0.0235. The van der Waals surface area contributed by atoms with E-state index in [4.69, 9.17) is 4.74 Å². The molecule has 120 valence electrons. The Balaban J connectivity index is 1.59. The third-order valence-electron chi connectivity index (χ3n) is 3.70. The SMILES string of the molecule is O=C1COc2ccc(NC(=O)c3cc4cc(F)ccc4[nH]3)cc2N1. The van der Waals surface area contributed by atoms with Gasteiger partial charge in [0.1, 0.15) is 17.3 Å². The molecule has 4 rings (SSSR count). The number of ether oxygens (including phenoxy) is 1. The van der Waals surface area contributed by atoms with Crippen LogP contribution in [0.1, 0.15) is 10.5 Å². The number of hydrogen-bond acceptors (Lipinski definition) is 3. The Morgan fingerprint density at radius 2 is 2.04 bits per heavy atom. The first-order chi connectivity index (χ1) is 11.6. The number of rotatable bonds is 2. The van der Waals surface area contributed by atoms with Crippen molar-refractivity contribution in [3.8, 4) is 5.75 Å². The number of amides is 2. The molecule has 1 aromatic heterocycles. The number of carbonyl (C=O) groups is 2. The van der Waals surface area contributed by atoms with Crippen LogP contribution in [0.15, 0.2) is 42.5 Å². The van der Waals surface area contributed by atoms with E-state index >= 15 is 0 Å².